The van der Waals surface area contributed by atoms with Crippen molar-refractivity contribution < 1.29 is 18.0 Å². The number of pyridine rings is 1. The van der Waals surface area contributed by atoms with Crippen LogP contribution in [0.2, 0.25) is 0 Å². The van der Waals surface area contributed by atoms with Crippen molar-refractivity contribution in [3.05, 3.63) is 57.3 Å². The van der Waals surface area contributed by atoms with Crippen LogP contribution in [-0.4, -0.2) is 22.3 Å². The summed E-state index contributed by atoms with van der Waals surface area (Å²) in [5.41, 5.74) is -2.02. The van der Waals surface area contributed by atoms with Gasteiger partial charge in [0.05, 0.1) is 16.1 Å². The number of carbonyl (C=O) groups excluding carboxylic acids is 1. The zero-order valence-corrected chi connectivity index (χ0v) is 13.0. The number of aromatic nitrogens is 2. The average Bonchev–Trinajstić information content (AvgIpc) is 3.07. The highest BCUT2D eigenvalue weighted by molar-refractivity contribution is 7.13. The highest BCUT2D eigenvalue weighted by atomic mass is 32.1. The molecule has 3 rings (SSSR count). The van der Waals surface area contributed by atoms with Gasteiger partial charge in [-0.05, 0) is 23.6 Å². The first-order valence-electron chi connectivity index (χ1n) is 6.72. The fourth-order valence-corrected chi connectivity index (χ4v) is 2.99. The second kappa shape index (κ2) is 5.75. The number of fused-ring (bicyclic) bond motifs is 1. The topological polar surface area (TPSA) is 63.5 Å². The quantitative estimate of drug-likeness (QED) is 0.771. The molecule has 1 amide bonds. The molecule has 0 radical (unpaired) electrons. The molecular weight excluding hydrogens is 343 g/mol. The summed E-state index contributed by atoms with van der Waals surface area (Å²) in [6.07, 6.45) is -3.60. The molecule has 0 fully saturated rings. The Morgan fingerprint density at radius 3 is 2.67 bits per heavy atom. The number of nitrogens with zero attached hydrogens (tertiary/aromatic N) is 2. The number of thiophene rings is 1. The minimum atomic E-state index is -4.58. The summed E-state index contributed by atoms with van der Waals surface area (Å²) in [7, 11) is 1.35. The van der Waals surface area contributed by atoms with Gasteiger partial charge in [0.2, 0.25) is 0 Å². The molecule has 0 aliphatic heterocycles. The van der Waals surface area contributed by atoms with Crippen molar-refractivity contribution in [3.63, 3.8) is 0 Å². The maximum Gasteiger partial charge on any atom is 0.416 e. The average molecular weight is 353 g/mol. The Labute approximate surface area is 137 Å². The molecule has 0 aromatic carbocycles. The van der Waals surface area contributed by atoms with Gasteiger partial charge in [0, 0.05) is 13.2 Å². The minimum absolute atomic E-state index is 0.0399. The SMILES string of the molecule is CNC(=O)c1cnc2cc(C(F)(F)F)cc(-c3cccs3)n2c1=O. The second-order valence-electron chi connectivity index (χ2n) is 4.85. The van der Waals surface area contributed by atoms with Gasteiger partial charge >= 0.3 is 6.18 Å². The molecule has 3 aromatic rings. The van der Waals surface area contributed by atoms with Gasteiger partial charge in [0.15, 0.2) is 0 Å². The third-order valence-corrected chi connectivity index (χ3v) is 4.27. The van der Waals surface area contributed by atoms with Gasteiger partial charge in [-0.2, -0.15) is 13.2 Å². The van der Waals surface area contributed by atoms with E-state index in [2.05, 4.69) is 10.3 Å². The summed E-state index contributed by atoms with van der Waals surface area (Å²) in [4.78, 5) is 28.7. The maximum atomic E-state index is 13.1. The van der Waals surface area contributed by atoms with E-state index in [-0.39, 0.29) is 16.9 Å². The summed E-state index contributed by atoms with van der Waals surface area (Å²) in [6.45, 7) is 0. The number of hydrogen-bond acceptors (Lipinski definition) is 4. The molecule has 5 nitrogen and oxygen atoms in total. The molecule has 24 heavy (non-hydrogen) atoms. The summed E-state index contributed by atoms with van der Waals surface area (Å²) in [6, 6.07) is 4.92. The number of hydrogen-bond donors (Lipinski definition) is 1. The number of rotatable bonds is 2. The maximum absolute atomic E-state index is 13.1. The van der Waals surface area contributed by atoms with E-state index in [4.69, 9.17) is 0 Å². The Bertz CT molecular complexity index is 978. The number of nitrogens with one attached hydrogen (secondary N) is 1. The van der Waals surface area contributed by atoms with Gasteiger partial charge in [0.25, 0.3) is 11.5 Å². The number of carbonyl (C=O) groups is 1. The number of amides is 1. The smallest absolute Gasteiger partial charge is 0.355 e. The predicted octanol–water partition coefficient (Wildman–Crippen LogP) is 2.80. The molecule has 9 heteroatoms. The van der Waals surface area contributed by atoms with Gasteiger partial charge in [-0.3, -0.25) is 14.0 Å². The van der Waals surface area contributed by atoms with Crippen LogP contribution >= 0.6 is 11.3 Å². The van der Waals surface area contributed by atoms with Crippen molar-refractivity contribution in [2.75, 3.05) is 7.05 Å². The minimum Gasteiger partial charge on any atom is -0.355 e. The highest BCUT2D eigenvalue weighted by Gasteiger charge is 2.32. The fourth-order valence-electron chi connectivity index (χ4n) is 2.26. The molecule has 3 aromatic heterocycles. The Morgan fingerprint density at radius 2 is 2.08 bits per heavy atom. The third kappa shape index (κ3) is 2.67. The van der Waals surface area contributed by atoms with Crippen molar-refractivity contribution in [3.8, 4) is 10.6 Å². The third-order valence-electron chi connectivity index (χ3n) is 3.38. The van der Waals surface area contributed by atoms with Crippen molar-refractivity contribution >= 4 is 22.9 Å². The van der Waals surface area contributed by atoms with E-state index in [9.17, 15) is 22.8 Å². The van der Waals surface area contributed by atoms with Gasteiger partial charge in [-0.25, -0.2) is 4.98 Å². The molecule has 0 aliphatic carbocycles. The lowest BCUT2D eigenvalue weighted by molar-refractivity contribution is -0.137. The predicted molar refractivity (Wildman–Crippen MR) is 83.2 cm³/mol. The molecule has 0 unspecified atom stereocenters. The molecule has 0 bridgehead atoms. The molecule has 1 N–H and O–H groups in total. The molecular formula is C15H10F3N3O2S. The molecule has 0 atom stereocenters. The Hall–Kier alpha value is -2.68. The first kappa shape index (κ1) is 16.2. The van der Waals surface area contributed by atoms with Crippen LogP contribution in [-0.2, 0) is 6.18 Å². The van der Waals surface area contributed by atoms with Crippen LogP contribution in [0.1, 0.15) is 15.9 Å². The van der Waals surface area contributed by atoms with Crippen molar-refractivity contribution in [1.82, 2.24) is 14.7 Å². The lowest BCUT2D eigenvalue weighted by atomic mass is 10.1. The highest BCUT2D eigenvalue weighted by Crippen LogP contribution is 2.34. The van der Waals surface area contributed by atoms with Gasteiger partial charge in [-0.1, -0.05) is 6.07 Å². The van der Waals surface area contributed by atoms with E-state index in [0.717, 1.165) is 22.7 Å². The van der Waals surface area contributed by atoms with Crippen LogP contribution in [0.4, 0.5) is 13.2 Å². The summed E-state index contributed by atoms with van der Waals surface area (Å²) < 4.78 is 40.4. The lowest BCUT2D eigenvalue weighted by Crippen LogP contribution is -2.30. The standard InChI is InChI=1S/C15H10F3N3O2S/c1-19-13(22)9-7-20-12-6-8(15(16,17)18)5-10(21(12)14(9)23)11-3-2-4-24-11/h2-7H,1H3,(H,19,22). The van der Waals surface area contributed by atoms with Crippen LogP contribution in [0, 0.1) is 0 Å². The van der Waals surface area contributed by atoms with Crippen molar-refractivity contribution in [1.29, 1.82) is 0 Å². The van der Waals surface area contributed by atoms with Crippen LogP contribution in [0.15, 0.2) is 40.6 Å². The molecule has 0 spiro atoms. The van der Waals surface area contributed by atoms with Crippen LogP contribution < -0.4 is 10.9 Å². The monoisotopic (exact) mass is 353 g/mol. The Kier molecular flexibility index (Phi) is 3.88. The summed E-state index contributed by atoms with van der Waals surface area (Å²) in [5, 5.41) is 3.99. The Balaban J connectivity index is 2.42. The lowest BCUT2D eigenvalue weighted by Gasteiger charge is -2.13. The molecule has 124 valence electrons. The number of alkyl halides is 3. The van der Waals surface area contributed by atoms with E-state index >= 15 is 0 Å². The van der Waals surface area contributed by atoms with E-state index in [1.54, 1.807) is 17.5 Å². The van der Waals surface area contributed by atoms with Gasteiger partial charge < -0.3 is 5.32 Å². The molecule has 0 saturated carbocycles. The first-order chi connectivity index (χ1) is 11.3. The van der Waals surface area contributed by atoms with Crippen molar-refractivity contribution in [2.24, 2.45) is 0 Å². The molecule has 0 saturated heterocycles. The van der Waals surface area contributed by atoms with Crippen molar-refractivity contribution in [2.45, 2.75) is 6.18 Å². The normalized spacial score (nSPS) is 11.7. The van der Waals surface area contributed by atoms with Crippen LogP contribution in [0.3, 0.4) is 0 Å². The van der Waals surface area contributed by atoms with E-state index < -0.39 is 23.2 Å². The van der Waals surface area contributed by atoms with E-state index in [0.29, 0.717) is 4.88 Å². The summed E-state index contributed by atoms with van der Waals surface area (Å²) in [5.74, 6) is -0.654. The number of halogens is 3. The summed E-state index contributed by atoms with van der Waals surface area (Å²) >= 11 is 1.18. The van der Waals surface area contributed by atoms with E-state index in [1.165, 1.54) is 18.4 Å². The largest absolute Gasteiger partial charge is 0.416 e. The van der Waals surface area contributed by atoms with Crippen LogP contribution in [0.25, 0.3) is 16.2 Å². The molecule has 0 aliphatic rings. The van der Waals surface area contributed by atoms with Gasteiger partial charge in [0.1, 0.15) is 11.2 Å². The Morgan fingerprint density at radius 1 is 1.33 bits per heavy atom. The first-order valence-corrected chi connectivity index (χ1v) is 7.60. The zero-order chi connectivity index (χ0) is 17.5. The van der Waals surface area contributed by atoms with Crippen LogP contribution in [0.5, 0.6) is 0 Å². The zero-order valence-electron chi connectivity index (χ0n) is 12.2. The fraction of sp³-hybridized carbons (Fsp3) is 0.133. The van der Waals surface area contributed by atoms with Gasteiger partial charge in [-0.15, -0.1) is 11.3 Å². The second-order valence-corrected chi connectivity index (χ2v) is 5.80. The van der Waals surface area contributed by atoms with E-state index in [1.807, 2.05) is 0 Å². The molecule has 3 heterocycles.